The van der Waals surface area contributed by atoms with E-state index < -0.39 is 48.5 Å². The molecular formula is C19H28N4O6. The third-order valence-corrected chi connectivity index (χ3v) is 6.10. The van der Waals surface area contributed by atoms with Gasteiger partial charge in [-0.15, -0.1) is 0 Å². The molecule has 0 bridgehead atoms. The van der Waals surface area contributed by atoms with Gasteiger partial charge in [-0.3, -0.25) is 24.6 Å². The standard InChI is InChI=1S/C19H28N4O6/c1-12-6-4-5-9-19(12)16(26)23(18(28)22-19)10-15(25)29-11-14(24)21-17(27)20-13-7-2-3-8-13/h12-13H,2-11H2,1H3,(H,22,28)(H2,20,21,24,27)/t12-,19+/m0/s1. The van der Waals surface area contributed by atoms with Crippen molar-refractivity contribution in [1.82, 2.24) is 20.9 Å². The molecular weight excluding hydrogens is 380 g/mol. The van der Waals surface area contributed by atoms with E-state index in [0.717, 1.165) is 49.8 Å². The van der Waals surface area contributed by atoms with Gasteiger partial charge in [0.25, 0.3) is 11.8 Å². The lowest BCUT2D eigenvalue weighted by atomic mass is 9.73. The number of imide groups is 2. The van der Waals surface area contributed by atoms with E-state index in [4.69, 9.17) is 4.74 Å². The molecule has 6 amide bonds. The Morgan fingerprint density at radius 2 is 1.83 bits per heavy atom. The first kappa shape index (κ1) is 21.1. The van der Waals surface area contributed by atoms with Gasteiger partial charge in [-0.05, 0) is 31.6 Å². The van der Waals surface area contributed by atoms with E-state index in [0.29, 0.717) is 6.42 Å². The number of urea groups is 2. The van der Waals surface area contributed by atoms with E-state index in [1.54, 1.807) is 0 Å². The van der Waals surface area contributed by atoms with Gasteiger partial charge in [0.05, 0.1) is 0 Å². The molecule has 0 radical (unpaired) electrons. The van der Waals surface area contributed by atoms with E-state index >= 15 is 0 Å². The number of hydrogen-bond donors (Lipinski definition) is 3. The molecule has 0 aromatic carbocycles. The normalized spacial score (nSPS) is 27.1. The van der Waals surface area contributed by atoms with Crippen molar-refractivity contribution >= 4 is 29.8 Å². The molecule has 10 heteroatoms. The minimum Gasteiger partial charge on any atom is -0.454 e. The van der Waals surface area contributed by atoms with Gasteiger partial charge in [0, 0.05) is 6.04 Å². The predicted molar refractivity (Wildman–Crippen MR) is 100 cm³/mol. The van der Waals surface area contributed by atoms with Crippen molar-refractivity contribution in [3.8, 4) is 0 Å². The summed E-state index contributed by atoms with van der Waals surface area (Å²) in [6.07, 6.45) is 7.04. The third kappa shape index (κ3) is 4.68. The fraction of sp³-hybridized carbons (Fsp3) is 0.737. The Kier molecular flexibility index (Phi) is 6.39. The number of carbonyl (C=O) groups is 5. The molecule has 160 valence electrons. The Balaban J connectivity index is 1.44. The topological polar surface area (TPSA) is 134 Å². The lowest BCUT2D eigenvalue weighted by Gasteiger charge is -2.36. The van der Waals surface area contributed by atoms with Crippen LogP contribution in [0.15, 0.2) is 0 Å². The Morgan fingerprint density at radius 1 is 1.14 bits per heavy atom. The number of hydrogen-bond acceptors (Lipinski definition) is 6. The number of ether oxygens (including phenoxy) is 1. The Bertz CT molecular complexity index is 705. The highest BCUT2D eigenvalue weighted by Gasteiger charge is 2.55. The first-order valence-corrected chi connectivity index (χ1v) is 10.2. The van der Waals surface area contributed by atoms with Gasteiger partial charge in [-0.25, -0.2) is 9.59 Å². The van der Waals surface area contributed by atoms with Gasteiger partial charge in [-0.1, -0.05) is 32.6 Å². The van der Waals surface area contributed by atoms with Crippen LogP contribution in [0.4, 0.5) is 9.59 Å². The SMILES string of the molecule is C[C@H]1CCCC[C@@]12NC(=O)N(CC(=O)OCC(=O)NC(=O)NC1CCCC1)C2=O. The number of nitrogens with zero attached hydrogens (tertiary/aromatic N) is 1. The first-order chi connectivity index (χ1) is 13.8. The number of esters is 1. The quantitative estimate of drug-likeness (QED) is 0.455. The first-order valence-electron chi connectivity index (χ1n) is 10.2. The molecule has 2 saturated carbocycles. The van der Waals surface area contributed by atoms with Gasteiger partial charge < -0.3 is 15.4 Å². The van der Waals surface area contributed by atoms with Crippen LogP contribution in [0, 0.1) is 5.92 Å². The molecule has 2 atom stereocenters. The highest BCUT2D eigenvalue weighted by molar-refractivity contribution is 6.09. The van der Waals surface area contributed by atoms with Crippen LogP contribution in [-0.4, -0.2) is 59.5 Å². The molecule has 0 unspecified atom stereocenters. The van der Waals surface area contributed by atoms with Gasteiger partial charge in [0.15, 0.2) is 6.61 Å². The summed E-state index contributed by atoms with van der Waals surface area (Å²) < 4.78 is 4.83. The van der Waals surface area contributed by atoms with E-state index in [1.165, 1.54) is 0 Å². The zero-order chi connectivity index (χ0) is 21.0. The van der Waals surface area contributed by atoms with Crippen LogP contribution in [0.5, 0.6) is 0 Å². The number of nitrogens with one attached hydrogen (secondary N) is 3. The van der Waals surface area contributed by atoms with Crippen molar-refractivity contribution in [1.29, 1.82) is 0 Å². The maximum atomic E-state index is 12.8. The van der Waals surface area contributed by atoms with Gasteiger partial charge in [0.2, 0.25) is 0 Å². The minimum absolute atomic E-state index is 0.0159. The molecule has 29 heavy (non-hydrogen) atoms. The third-order valence-electron chi connectivity index (χ3n) is 6.10. The van der Waals surface area contributed by atoms with Crippen LogP contribution >= 0.6 is 0 Å². The molecule has 3 fully saturated rings. The van der Waals surface area contributed by atoms with Crippen LogP contribution in [0.1, 0.15) is 58.3 Å². The number of carbonyl (C=O) groups excluding carboxylic acids is 5. The summed E-state index contributed by atoms with van der Waals surface area (Å²) in [7, 11) is 0. The van der Waals surface area contributed by atoms with Crippen molar-refractivity contribution in [2.75, 3.05) is 13.2 Å². The van der Waals surface area contributed by atoms with Gasteiger partial charge in [-0.2, -0.15) is 0 Å². The largest absolute Gasteiger partial charge is 0.454 e. The molecule has 2 aliphatic carbocycles. The lowest BCUT2D eigenvalue weighted by molar-refractivity contribution is -0.151. The highest BCUT2D eigenvalue weighted by atomic mass is 16.5. The average molecular weight is 408 g/mol. The van der Waals surface area contributed by atoms with Crippen molar-refractivity contribution < 1.29 is 28.7 Å². The Labute approximate surface area is 169 Å². The maximum absolute atomic E-state index is 12.8. The van der Waals surface area contributed by atoms with Crippen molar-refractivity contribution in [2.45, 2.75) is 69.9 Å². The smallest absolute Gasteiger partial charge is 0.326 e. The molecule has 3 N–H and O–H groups in total. The fourth-order valence-electron chi connectivity index (χ4n) is 4.41. The van der Waals surface area contributed by atoms with Crippen LogP contribution in [-0.2, 0) is 19.1 Å². The van der Waals surface area contributed by atoms with Gasteiger partial charge in [0.1, 0.15) is 12.1 Å². The summed E-state index contributed by atoms with van der Waals surface area (Å²) in [5.74, 6) is -2.10. The summed E-state index contributed by atoms with van der Waals surface area (Å²) in [6, 6.07) is -1.19. The zero-order valence-corrected chi connectivity index (χ0v) is 16.6. The van der Waals surface area contributed by atoms with Crippen molar-refractivity contribution in [3.05, 3.63) is 0 Å². The molecule has 3 rings (SSSR count). The summed E-state index contributed by atoms with van der Waals surface area (Å²) >= 11 is 0. The molecule has 0 aromatic rings. The Morgan fingerprint density at radius 3 is 2.52 bits per heavy atom. The molecule has 1 heterocycles. The van der Waals surface area contributed by atoms with Gasteiger partial charge >= 0.3 is 18.0 Å². The summed E-state index contributed by atoms with van der Waals surface area (Å²) in [6.45, 7) is 0.683. The number of rotatable bonds is 5. The maximum Gasteiger partial charge on any atom is 0.326 e. The van der Waals surface area contributed by atoms with E-state index in [2.05, 4.69) is 16.0 Å². The second-order valence-electron chi connectivity index (χ2n) is 8.10. The fourth-order valence-corrected chi connectivity index (χ4v) is 4.41. The average Bonchev–Trinajstić information content (AvgIpc) is 3.25. The molecule has 1 saturated heterocycles. The van der Waals surface area contributed by atoms with E-state index in [1.807, 2.05) is 6.92 Å². The Hall–Kier alpha value is -2.65. The number of amides is 6. The zero-order valence-electron chi connectivity index (χ0n) is 16.6. The second-order valence-corrected chi connectivity index (χ2v) is 8.10. The van der Waals surface area contributed by atoms with Crippen molar-refractivity contribution in [2.24, 2.45) is 5.92 Å². The molecule has 0 aromatic heterocycles. The van der Waals surface area contributed by atoms with Crippen LogP contribution < -0.4 is 16.0 Å². The highest BCUT2D eigenvalue weighted by Crippen LogP contribution is 2.38. The molecule has 1 spiro atoms. The molecule has 10 nitrogen and oxygen atoms in total. The van der Waals surface area contributed by atoms with E-state index in [-0.39, 0.29) is 12.0 Å². The monoisotopic (exact) mass is 408 g/mol. The summed E-state index contributed by atoms with van der Waals surface area (Å²) in [5.41, 5.74) is -0.953. The lowest BCUT2D eigenvalue weighted by Crippen LogP contribution is -2.54. The molecule has 1 aliphatic heterocycles. The van der Waals surface area contributed by atoms with Crippen LogP contribution in [0.2, 0.25) is 0 Å². The van der Waals surface area contributed by atoms with Crippen molar-refractivity contribution in [3.63, 3.8) is 0 Å². The van der Waals surface area contributed by atoms with Crippen LogP contribution in [0.25, 0.3) is 0 Å². The predicted octanol–water partition coefficient (Wildman–Crippen LogP) is 0.799. The minimum atomic E-state index is -0.953. The van der Waals surface area contributed by atoms with E-state index in [9.17, 15) is 24.0 Å². The second kappa shape index (κ2) is 8.79. The van der Waals surface area contributed by atoms with Crippen LogP contribution in [0.3, 0.4) is 0 Å². The summed E-state index contributed by atoms with van der Waals surface area (Å²) in [4.78, 5) is 61.4. The molecule has 3 aliphatic rings. The summed E-state index contributed by atoms with van der Waals surface area (Å²) in [5, 5.41) is 7.53.